The number of benzene rings is 2. The van der Waals surface area contributed by atoms with Crippen LogP contribution < -0.4 is 14.8 Å². The first kappa shape index (κ1) is 18.6. The fraction of sp³-hybridized carbons (Fsp3) is 0.182. The summed E-state index contributed by atoms with van der Waals surface area (Å²) in [5, 5.41) is 2.79. The van der Waals surface area contributed by atoms with Crippen molar-refractivity contribution in [2.24, 2.45) is 0 Å². The number of fused-ring (bicyclic) bond motifs is 1. The molecule has 2 heterocycles. The third-order valence-electron chi connectivity index (χ3n) is 4.55. The summed E-state index contributed by atoms with van der Waals surface area (Å²) in [4.78, 5) is 26.5. The van der Waals surface area contributed by atoms with Gasteiger partial charge in [-0.05, 0) is 42.5 Å². The summed E-state index contributed by atoms with van der Waals surface area (Å²) in [6.07, 6.45) is 3.82. The predicted molar refractivity (Wildman–Crippen MR) is 109 cm³/mol. The number of carbonyl (C=O) groups excluding carboxylic acids is 2. The highest BCUT2D eigenvalue weighted by atomic mass is 16.6. The Bertz CT molecular complexity index is 1030. The molecule has 0 saturated heterocycles. The summed E-state index contributed by atoms with van der Waals surface area (Å²) in [5.74, 6) is 0.736. The van der Waals surface area contributed by atoms with Crippen molar-refractivity contribution in [2.75, 3.05) is 32.1 Å². The Morgan fingerprint density at radius 1 is 1.00 bits per heavy atom. The zero-order valence-corrected chi connectivity index (χ0v) is 16.0. The molecular weight excluding hydrogens is 370 g/mol. The van der Waals surface area contributed by atoms with Crippen molar-refractivity contribution < 1.29 is 19.1 Å². The van der Waals surface area contributed by atoms with Gasteiger partial charge >= 0.3 is 0 Å². The highest BCUT2D eigenvalue weighted by Crippen LogP contribution is 2.32. The van der Waals surface area contributed by atoms with Crippen molar-refractivity contribution in [3.05, 3.63) is 72.6 Å². The van der Waals surface area contributed by atoms with Crippen molar-refractivity contribution in [3.8, 4) is 17.2 Å². The predicted octanol–water partition coefficient (Wildman–Crippen LogP) is 2.96. The van der Waals surface area contributed by atoms with Crippen LogP contribution in [0.5, 0.6) is 11.5 Å². The van der Waals surface area contributed by atoms with Crippen LogP contribution in [0.15, 0.2) is 67.0 Å². The van der Waals surface area contributed by atoms with Gasteiger partial charge in [-0.3, -0.25) is 9.59 Å². The number of amides is 2. The Balaban J connectivity index is 1.40. The maximum absolute atomic E-state index is 12.7. The molecule has 2 amide bonds. The quantitative estimate of drug-likeness (QED) is 0.726. The van der Waals surface area contributed by atoms with Crippen molar-refractivity contribution in [1.29, 1.82) is 0 Å². The van der Waals surface area contributed by atoms with Crippen LogP contribution in [0.25, 0.3) is 5.69 Å². The van der Waals surface area contributed by atoms with E-state index in [0.29, 0.717) is 36.0 Å². The number of carbonyl (C=O) groups is 2. The third-order valence-corrected chi connectivity index (χ3v) is 4.55. The van der Waals surface area contributed by atoms with Crippen LogP contribution in [0.4, 0.5) is 5.69 Å². The average Bonchev–Trinajstić information content (AvgIpc) is 3.28. The average molecular weight is 391 g/mol. The summed E-state index contributed by atoms with van der Waals surface area (Å²) < 4.78 is 12.9. The highest BCUT2D eigenvalue weighted by molar-refractivity contribution is 5.99. The van der Waals surface area contributed by atoms with E-state index in [1.165, 1.54) is 4.90 Å². The molecule has 29 heavy (non-hydrogen) atoms. The zero-order valence-electron chi connectivity index (χ0n) is 16.0. The van der Waals surface area contributed by atoms with E-state index in [0.717, 1.165) is 5.69 Å². The molecule has 4 rings (SSSR count). The molecule has 1 aliphatic rings. The Morgan fingerprint density at radius 3 is 2.55 bits per heavy atom. The summed E-state index contributed by atoms with van der Waals surface area (Å²) in [7, 11) is 1.61. The van der Waals surface area contributed by atoms with Crippen molar-refractivity contribution >= 4 is 17.5 Å². The van der Waals surface area contributed by atoms with Gasteiger partial charge in [0.2, 0.25) is 5.91 Å². The van der Waals surface area contributed by atoms with Crippen LogP contribution in [0.2, 0.25) is 0 Å². The first-order chi connectivity index (χ1) is 14.1. The summed E-state index contributed by atoms with van der Waals surface area (Å²) in [6, 6.07) is 16.3. The number of nitrogens with zero attached hydrogens (tertiary/aromatic N) is 2. The second-order valence-corrected chi connectivity index (χ2v) is 6.71. The van der Waals surface area contributed by atoms with E-state index < -0.39 is 0 Å². The fourth-order valence-corrected chi connectivity index (χ4v) is 3.14. The van der Waals surface area contributed by atoms with E-state index in [2.05, 4.69) is 5.32 Å². The molecule has 0 fully saturated rings. The van der Waals surface area contributed by atoms with Gasteiger partial charge in [0.1, 0.15) is 13.2 Å². The van der Waals surface area contributed by atoms with E-state index in [1.54, 1.807) is 37.4 Å². The minimum atomic E-state index is -0.293. The summed E-state index contributed by atoms with van der Waals surface area (Å²) in [6.45, 7) is 0.919. The van der Waals surface area contributed by atoms with Crippen LogP contribution in [0.3, 0.4) is 0 Å². The van der Waals surface area contributed by atoms with Crippen LogP contribution in [0.1, 0.15) is 10.4 Å². The van der Waals surface area contributed by atoms with Gasteiger partial charge < -0.3 is 24.3 Å². The molecule has 1 aromatic heterocycles. The molecule has 0 spiro atoms. The smallest absolute Gasteiger partial charge is 0.254 e. The standard InChI is InChI=1S/C22H21N3O4/c1-24(22(27)16-5-4-6-18(13-16)25-9-2-3-10-25)15-21(26)23-17-7-8-19-20(14-17)29-12-11-28-19/h2-10,13-14H,11-12,15H2,1H3,(H,23,26). The van der Waals surface area contributed by atoms with E-state index >= 15 is 0 Å². The van der Waals surface area contributed by atoms with Gasteiger partial charge in [0.05, 0.1) is 6.54 Å². The third kappa shape index (κ3) is 4.24. The highest BCUT2D eigenvalue weighted by Gasteiger charge is 2.17. The minimum Gasteiger partial charge on any atom is -0.486 e. The molecule has 7 heteroatoms. The van der Waals surface area contributed by atoms with Gasteiger partial charge in [0, 0.05) is 42.4 Å². The van der Waals surface area contributed by atoms with Gasteiger partial charge in [0.15, 0.2) is 11.5 Å². The molecule has 0 bridgehead atoms. The topological polar surface area (TPSA) is 72.8 Å². The lowest BCUT2D eigenvalue weighted by Crippen LogP contribution is -2.35. The monoisotopic (exact) mass is 391 g/mol. The largest absolute Gasteiger partial charge is 0.486 e. The van der Waals surface area contributed by atoms with Gasteiger partial charge in [-0.25, -0.2) is 0 Å². The van der Waals surface area contributed by atoms with E-state index in [9.17, 15) is 9.59 Å². The number of anilines is 1. The second kappa shape index (κ2) is 8.10. The Labute approximate surface area is 168 Å². The number of nitrogens with one attached hydrogen (secondary N) is 1. The number of ether oxygens (including phenoxy) is 2. The molecule has 1 aliphatic heterocycles. The molecule has 0 aliphatic carbocycles. The van der Waals surface area contributed by atoms with Crippen LogP contribution in [-0.2, 0) is 4.79 Å². The lowest BCUT2D eigenvalue weighted by molar-refractivity contribution is -0.116. The number of hydrogen-bond donors (Lipinski definition) is 1. The first-order valence-electron chi connectivity index (χ1n) is 9.28. The van der Waals surface area contributed by atoms with E-state index in [-0.39, 0.29) is 18.4 Å². The fourth-order valence-electron chi connectivity index (χ4n) is 3.14. The van der Waals surface area contributed by atoms with Crippen LogP contribution in [0, 0.1) is 0 Å². The molecule has 2 aromatic carbocycles. The van der Waals surface area contributed by atoms with Crippen molar-refractivity contribution in [3.63, 3.8) is 0 Å². The van der Waals surface area contributed by atoms with Gasteiger partial charge in [0.25, 0.3) is 5.91 Å². The Hall–Kier alpha value is -3.74. The molecule has 7 nitrogen and oxygen atoms in total. The summed E-state index contributed by atoms with van der Waals surface area (Å²) >= 11 is 0. The minimum absolute atomic E-state index is 0.0684. The van der Waals surface area contributed by atoms with Crippen LogP contribution >= 0.6 is 0 Å². The lowest BCUT2D eigenvalue weighted by atomic mass is 10.1. The SMILES string of the molecule is CN(CC(=O)Nc1ccc2c(c1)OCCO2)C(=O)c1cccc(-n2cccc2)c1. The zero-order chi connectivity index (χ0) is 20.2. The number of hydrogen-bond acceptors (Lipinski definition) is 4. The molecule has 1 N–H and O–H groups in total. The maximum atomic E-state index is 12.7. The Morgan fingerprint density at radius 2 is 1.76 bits per heavy atom. The van der Waals surface area contributed by atoms with E-state index in [4.69, 9.17) is 9.47 Å². The van der Waals surface area contributed by atoms with Crippen molar-refractivity contribution in [1.82, 2.24) is 9.47 Å². The van der Waals surface area contributed by atoms with Gasteiger partial charge in [-0.2, -0.15) is 0 Å². The second-order valence-electron chi connectivity index (χ2n) is 6.71. The maximum Gasteiger partial charge on any atom is 0.254 e. The molecule has 0 unspecified atom stereocenters. The lowest BCUT2D eigenvalue weighted by Gasteiger charge is -2.20. The molecular formula is C22H21N3O4. The molecule has 148 valence electrons. The summed E-state index contributed by atoms with van der Waals surface area (Å²) in [5.41, 5.74) is 2.00. The Kier molecular flexibility index (Phi) is 5.20. The van der Waals surface area contributed by atoms with Crippen molar-refractivity contribution in [2.45, 2.75) is 0 Å². The number of likely N-dealkylation sites (N-methyl/N-ethyl adjacent to an activating group) is 1. The van der Waals surface area contributed by atoms with Gasteiger partial charge in [-0.15, -0.1) is 0 Å². The normalized spacial score (nSPS) is 12.3. The molecule has 3 aromatic rings. The van der Waals surface area contributed by atoms with Gasteiger partial charge in [-0.1, -0.05) is 6.07 Å². The first-order valence-corrected chi connectivity index (χ1v) is 9.28. The molecule has 0 saturated carbocycles. The number of aromatic nitrogens is 1. The molecule has 0 radical (unpaired) electrons. The van der Waals surface area contributed by atoms with Crippen LogP contribution in [-0.4, -0.2) is 48.1 Å². The molecule has 0 atom stereocenters. The number of rotatable bonds is 5. The van der Waals surface area contributed by atoms with E-state index in [1.807, 2.05) is 41.2 Å².